The Kier molecular flexibility index (Phi) is 5.94. The molecule has 2 rings (SSSR count). The van der Waals surface area contributed by atoms with Crippen LogP contribution in [0.25, 0.3) is 0 Å². The predicted molar refractivity (Wildman–Crippen MR) is 95.8 cm³/mol. The summed E-state index contributed by atoms with van der Waals surface area (Å²) in [6, 6.07) is 7.99. The zero-order valence-corrected chi connectivity index (χ0v) is 14.7. The first-order valence-electron chi connectivity index (χ1n) is 7.79. The Morgan fingerprint density at radius 1 is 1.16 bits per heavy atom. The molecular formula is C18H22N4O3. The molecule has 0 saturated carbocycles. The number of benzene rings is 1. The summed E-state index contributed by atoms with van der Waals surface area (Å²) in [6.07, 6.45) is 3.34. The molecule has 3 amide bonds. The first-order chi connectivity index (χ1) is 11.9. The minimum Gasteiger partial charge on any atom is -0.495 e. The van der Waals surface area contributed by atoms with Crippen LogP contribution in [-0.2, 0) is 0 Å². The number of pyridine rings is 1. The van der Waals surface area contributed by atoms with Gasteiger partial charge in [0.25, 0.3) is 5.91 Å². The SMILES string of the molecule is COc1ccc(C(=O)N(C)C)cc1NC(=O)NC(C)c1ccncc1. The number of hydrogen-bond donors (Lipinski definition) is 2. The van der Waals surface area contributed by atoms with Gasteiger partial charge in [-0.1, -0.05) is 0 Å². The van der Waals surface area contributed by atoms with E-state index in [1.54, 1.807) is 44.7 Å². The minimum absolute atomic E-state index is 0.156. The van der Waals surface area contributed by atoms with Gasteiger partial charge in [0.2, 0.25) is 0 Å². The lowest BCUT2D eigenvalue weighted by atomic mass is 10.1. The number of nitrogens with one attached hydrogen (secondary N) is 2. The quantitative estimate of drug-likeness (QED) is 0.875. The van der Waals surface area contributed by atoms with Gasteiger partial charge in [0, 0.05) is 32.1 Å². The van der Waals surface area contributed by atoms with Crippen molar-refractivity contribution in [1.82, 2.24) is 15.2 Å². The molecule has 1 unspecified atom stereocenters. The first-order valence-corrected chi connectivity index (χ1v) is 7.79. The van der Waals surface area contributed by atoms with Gasteiger partial charge in [-0.25, -0.2) is 4.79 Å². The van der Waals surface area contributed by atoms with Gasteiger partial charge in [-0.3, -0.25) is 9.78 Å². The molecule has 7 nitrogen and oxygen atoms in total. The topological polar surface area (TPSA) is 83.6 Å². The van der Waals surface area contributed by atoms with E-state index in [0.29, 0.717) is 17.0 Å². The van der Waals surface area contributed by atoms with Gasteiger partial charge >= 0.3 is 6.03 Å². The molecule has 132 valence electrons. The van der Waals surface area contributed by atoms with Gasteiger partial charge in [0.1, 0.15) is 5.75 Å². The summed E-state index contributed by atoms with van der Waals surface area (Å²) in [6.45, 7) is 1.87. The van der Waals surface area contributed by atoms with Gasteiger partial charge < -0.3 is 20.3 Å². The van der Waals surface area contributed by atoms with Crippen LogP contribution >= 0.6 is 0 Å². The van der Waals surface area contributed by atoms with Crippen LogP contribution in [0.4, 0.5) is 10.5 Å². The van der Waals surface area contributed by atoms with E-state index in [1.807, 2.05) is 19.1 Å². The molecule has 2 N–H and O–H groups in total. The maximum atomic E-state index is 12.3. The van der Waals surface area contributed by atoms with Crippen molar-refractivity contribution in [3.05, 3.63) is 53.9 Å². The highest BCUT2D eigenvalue weighted by atomic mass is 16.5. The summed E-state index contributed by atoms with van der Waals surface area (Å²) in [5, 5.41) is 5.57. The molecule has 0 aliphatic heterocycles. The number of anilines is 1. The highest BCUT2D eigenvalue weighted by Gasteiger charge is 2.15. The lowest BCUT2D eigenvalue weighted by molar-refractivity contribution is 0.0827. The van der Waals surface area contributed by atoms with Gasteiger partial charge in [-0.2, -0.15) is 0 Å². The van der Waals surface area contributed by atoms with Crippen molar-refractivity contribution in [1.29, 1.82) is 0 Å². The summed E-state index contributed by atoms with van der Waals surface area (Å²) < 4.78 is 5.26. The number of urea groups is 1. The number of nitrogens with zero attached hydrogens (tertiary/aromatic N) is 2. The van der Waals surface area contributed by atoms with E-state index < -0.39 is 6.03 Å². The molecule has 2 aromatic rings. The summed E-state index contributed by atoms with van der Waals surface area (Å²) in [7, 11) is 4.84. The van der Waals surface area contributed by atoms with E-state index in [-0.39, 0.29) is 11.9 Å². The highest BCUT2D eigenvalue weighted by Crippen LogP contribution is 2.26. The summed E-state index contributed by atoms with van der Waals surface area (Å²) in [4.78, 5) is 29.8. The van der Waals surface area contributed by atoms with Crippen LogP contribution in [-0.4, -0.2) is 43.0 Å². The maximum absolute atomic E-state index is 12.3. The Labute approximate surface area is 147 Å². The smallest absolute Gasteiger partial charge is 0.319 e. The van der Waals surface area contributed by atoms with Crippen molar-refractivity contribution in [3.8, 4) is 5.75 Å². The molecule has 0 fully saturated rings. The number of methoxy groups -OCH3 is 1. The fraction of sp³-hybridized carbons (Fsp3) is 0.278. The Morgan fingerprint density at radius 2 is 1.84 bits per heavy atom. The van der Waals surface area contributed by atoms with E-state index in [9.17, 15) is 9.59 Å². The zero-order valence-electron chi connectivity index (χ0n) is 14.7. The third kappa shape index (κ3) is 4.69. The van der Waals surface area contributed by atoms with E-state index in [1.165, 1.54) is 12.0 Å². The lowest BCUT2D eigenvalue weighted by Gasteiger charge is -2.17. The van der Waals surface area contributed by atoms with Crippen LogP contribution in [0.1, 0.15) is 28.9 Å². The third-order valence-corrected chi connectivity index (χ3v) is 3.65. The van der Waals surface area contributed by atoms with Crippen LogP contribution in [0.5, 0.6) is 5.75 Å². The minimum atomic E-state index is -0.392. The third-order valence-electron chi connectivity index (χ3n) is 3.65. The van der Waals surface area contributed by atoms with Crippen molar-refractivity contribution in [2.45, 2.75) is 13.0 Å². The van der Waals surface area contributed by atoms with Gasteiger partial charge in [0.15, 0.2) is 0 Å². The van der Waals surface area contributed by atoms with E-state index in [0.717, 1.165) is 5.56 Å². The maximum Gasteiger partial charge on any atom is 0.319 e. The normalized spacial score (nSPS) is 11.4. The standard InChI is InChI=1S/C18H22N4O3/c1-12(13-7-9-19-10-8-13)20-18(24)21-15-11-14(17(23)22(2)3)5-6-16(15)25-4/h5-12H,1-4H3,(H2,20,21,24). The van der Waals surface area contributed by atoms with Gasteiger partial charge in [-0.15, -0.1) is 0 Å². The number of carbonyl (C=O) groups is 2. The summed E-state index contributed by atoms with van der Waals surface area (Å²) in [5.74, 6) is 0.318. The first kappa shape index (κ1) is 18.3. The molecular weight excluding hydrogens is 320 g/mol. The molecule has 0 saturated heterocycles. The Hall–Kier alpha value is -3.09. The average molecular weight is 342 g/mol. The number of hydrogen-bond acceptors (Lipinski definition) is 4. The van der Waals surface area contributed by atoms with Crippen LogP contribution in [0.15, 0.2) is 42.7 Å². The van der Waals surface area contributed by atoms with Gasteiger partial charge in [0.05, 0.1) is 18.8 Å². The van der Waals surface area contributed by atoms with E-state index >= 15 is 0 Å². The van der Waals surface area contributed by atoms with Crippen molar-refractivity contribution in [2.24, 2.45) is 0 Å². The molecule has 1 heterocycles. The van der Waals surface area contributed by atoms with Crippen LogP contribution in [0, 0.1) is 0 Å². The fourth-order valence-electron chi connectivity index (χ4n) is 2.29. The number of carbonyl (C=O) groups excluding carboxylic acids is 2. The molecule has 0 aliphatic carbocycles. The Morgan fingerprint density at radius 3 is 2.44 bits per heavy atom. The summed E-state index contributed by atoms with van der Waals surface area (Å²) >= 11 is 0. The van der Waals surface area contributed by atoms with Crippen molar-refractivity contribution in [3.63, 3.8) is 0 Å². The largest absolute Gasteiger partial charge is 0.495 e. The zero-order chi connectivity index (χ0) is 18.4. The predicted octanol–water partition coefficient (Wildman–Crippen LogP) is 2.67. The monoisotopic (exact) mass is 342 g/mol. The second-order valence-corrected chi connectivity index (χ2v) is 5.72. The highest BCUT2D eigenvalue weighted by molar-refractivity contribution is 5.97. The van der Waals surface area contributed by atoms with Crippen molar-refractivity contribution in [2.75, 3.05) is 26.5 Å². The molecule has 0 aliphatic rings. The molecule has 1 aromatic carbocycles. The molecule has 1 aromatic heterocycles. The molecule has 1 atom stereocenters. The number of rotatable bonds is 5. The molecule has 25 heavy (non-hydrogen) atoms. The van der Waals surface area contributed by atoms with E-state index in [2.05, 4.69) is 15.6 Å². The molecule has 0 radical (unpaired) electrons. The van der Waals surface area contributed by atoms with Gasteiger partial charge in [-0.05, 0) is 42.8 Å². The van der Waals surface area contributed by atoms with Crippen LogP contribution in [0.2, 0.25) is 0 Å². The second kappa shape index (κ2) is 8.14. The number of amides is 3. The van der Waals surface area contributed by atoms with Crippen LogP contribution < -0.4 is 15.4 Å². The second-order valence-electron chi connectivity index (χ2n) is 5.72. The Bertz CT molecular complexity index is 747. The fourth-order valence-corrected chi connectivity index (χ4v) is 2.29. The summed E-state index contributed by atoms with van der Waals surface area (Å²) in [5.41, 5.74) is 1.83. The average Bonchev–Trinajstić information content (AvgIpc) is 2.61. The number of ether oxygens (including phenoxy) is 1. The Balaban J connectivity index is 2.13. The van der Waals surface area contributed by atoms with E-state index in [4.69, 9.17) is 4.74 Å². The van der Waals surface area contributed by atoms with Crippen molar-refractivity contribution < 1.29 is 14.3 Å². The molecule has 7 heteroatoms. The lowest BCUT2D eigenvalue weighted by Crippen LogP contribution is -2.31. The molecule has 0 bridgehead atoms. The molecule has 0 spiro atoms. The van der Waals surface area contributed by atoms with Crippen LogP contribution in [0.3, 0.4) is 0 Å². The van der Waals surface area contributed by atoms with Crippen molar-refractivity contribution >= 4 is 17.6 Å². The number of aromatic nitrogens is 1.